The van der Waals surface area contributed by atoms with Gasteiger partial charge in [0.1, 0.15) is 0 Å². The third kappa shape index (κ3) is 2.94. The molecule has 1 N–H and O–H groups in total. The van der Waals surface area contributed by atoms with Gasteiger partial charge in [-0.05, 0) is 49.6 Å². The number of anilines is 2. The van der Waals surface area contributed by atoms with Crippen molar-refractivity contribution < 1.29 is 0 Å². The summed E-state index contributed by atoms with van der Waals surface area (Å²) in [6.07, 6.45) is 0. The molecular weight excluding hydrogens is 305 g/mol. The van der Waals surface area contributed by atoms with Crippen LogP contribution in [0.4, 0.5) is 11.5 Å². The van der Waals surface area contributed by atoms with E-state index in [9.17, 15) is 0 Å². The molecule has 0 aliphatic heterocycles. The molecule has 0 aliphatic rings. The summed E-state index contributed by atoms with van der Waals surface area (Å²) in [5.41, 5.74) is 3.42. The van der Waals surface area contributed by atoms with Gasteiger partial charge < -0.3 is 5.32 Å². The van der Waals surface area contributed by atoms with Crippen LogP contribution in [-0.2, 0) is 0 Å². The molecule has 1 heterocycles. The predicted octanol–water partition coefficient (Wildman–Crippen LogP) is 5.11. The zero-order valence-electron chi connectivity index (χ0n) is 10.7. The van der Waals surface area contributed by atoms with Crippen LogP contribution < -0.4 is 5.32 Å². The van der Waals surface area contributed by atoms with Crippen LogP contribution >= 0.6 is 34.8 Å². The van der Waals surface area contributed by atoms with E-state index in [4.69, 9.17) is 34.8 Å². The summed E-state index contributed by atoms with van der Waals surface area (Å²) in [6, 6.07) is 3.57. The Bertz CT molecular complexity index is 642. The van der Waals surface area contributed by atoms with Crippen molar-refractivity contribution in [3.05, 3.63) is 44.0 Å². The Labute approximate surface area is 126 Å². The minimum atomic E-state index is 0.399. The fourth-order valence-corrected chi connectivity index (χ4v) is 2.17. The molecule has 0 fully saturated rings. The van der Waals surface area contributed by atoms with Crippen LogP contribution in [0.5, 0.6) is 0 Å². The normalized spacial score (nSPS) is 10.6. The molecule has 3 nitrogen and oxygen atoms in total. The molecule has 19 heavy (non-hydrogen) atoms. The van der Waals surface area contributed by atoms with E-state index in [0.717, 1.165) is 16.7 Å². The molecule has 0 amide bonds. The van der Waals surface area contributed by atoms with E-state index in [1.807, 2.05) is 20.8 Å². The number of aromatic nitrogens is 2. The van der Waals surface area contributed by atoms with Gasteiger partial charge in [-0.3, -0.25) is 0 Å². The molecule has 6 heteroatoms. The zero-order chi connectivity index (χ0) is 14.2. The number of aryl methyl sites for hydroxylation is 1. The average Bonchev–Trinajstić information content (AvgIpc) is 2.36. The molecule has 2 rings (SSSR count). The highest BCUT2D eigenvalue weighted by Crippen LogP contribution is 2.32. The van der Waals surface area contributed by atoms with Crippen LogP contribution in [0, 0.1) is 20.8 Å². The summed E-state index contributed by atoms with van der Waals surface area (Å²) >= 11 is 18.2. The minimum absolute atomic E-state index is 0.399. The Morgan fingerprint density at radius 2 is 1.58 bits per heavy atom. The second-order valence-corrected chi connectivity index (χ2v) is 5.47. The fraction of sp³-hybridized carbons (Fsp3) is 0.231. The lowest BCUT2D eigenvalue weighted by molar-refractivity contribution is 1.00. The van der Waals surface area contributed by atoms with Gasteiger partial charge in [0.2, 0.25) is 0 Å². The van der Waals surface area contributed by atoms with Crippen molar-refractivity contribution >= 4 is 46.3 Å². The second-order valence-electron chi connectivity index (χ2n) is 4.30. The van der Waals surface area contributed by atoms with E-state index in [-0.39, 0.29) is 0 Å². The number of hydrogen-bond acceptors (Lipinski definition) is 3. The van der Waals surface area contributed by atoms with Crippen LogP contribution in [-0.4, -0.2) is 10.2 Å². The smallest absolute Gasteiger partial charge is 0.156 e. The van der Waals surface area contributed by atoms with Crippen molar-refractivity contribution in [1.82, 2.24) is 10.2 Å². The first-order chi connectivity index (χ1) is 8.90. The molecule has 2 aromatic rings. The number of nitrogens with zero attached hydrogens (tertiary/aromatic N) is 2. The SMILES string of the molecule is Cc1cc(Cl)c(Nc2nnc(Cl)c(C)c2C)cc1Cl. The third-order valence-corrected chi connectivity index (χ3v) is 4.05. The molecular formula is C13H12Cl3N3. The molecule has 1 aromatic heterocycles. The van der Waals surface area contributed by atoms with Crippen LogP contribution in [0.25, 0.3) is 0 Å². The number of hydrogen-bond donors (Lipinski definition) is 1. The summed E-state index contributed by atoms with van der Waals surface area (Å²) in [7, 11) is 0. The number of benzene rings is 1. The van der Waals surface area contributed by atoms with E-state index in [1.165, 1.54) is 0 Å². The van der Waals surface area contributed by atoms with Crippen molar-refractivity contribution in [1.29, 1.82) is 0 Å². The maximum atomic E-state index is 6.18. The van der Waals surface area contributed by atoms with Gasteiger partial charge in [-0.15, -0.1) is 10.2 Å². The van der Waals surface area contributed by atoms with E-state index >= 15 is 0 Å². The summed E-state index contributed by atoms with van der Waals surface area (Å²) in [5.74, 6) is 0.615. The molecule has 0 atom stereocenters. The molecule has 1 aromatic carbocycles. The first kappa shape index (κ1) is 14.4. The molecule has 0 bridgehead atoms. The van der Waals surface area contributed by atoms with Gasteiger partial charge in [0.15, 0.2) is 11.0 Å². The minimum Gasteiger partial charge on any atom is -0.337 e. The standard InChI is InChI=1S/C13H12Cl3N3/c1-6-4-10(15)11(5-9(6)14)17-13-8(3)7(2)12(16)18-19-13/h4-5H,1-3H3,(H,17,19). The lowest BCUT2D eigenvalue weighted by atomic mass is 10.2. The van der Waals surface area contributed by atoms with Crippen LogP contribution in [0.1, 0.15) is 16.7 Å². The fourth-order valence-electron chi connectivity index (χ4n) is 1.56. The maximum Gasteiger partial charge on any atom is 0.156 e. The van der Waals surface area contributed by atoms with Gasteiger partial charge in [0.05, 0.1) is 10.7 Å². The average molecular weight is 317 g/mol. The topological polar surface area (TPSA) is 37.8 Å². The lowest BCUT2D eigenvalue weighted by Gasteiger charge is -2.12. The van der Waals surface area contributed by atoms with Gasteiger partial charge in [0.25, 0.3) is 0 Å². The molecule has 0 radical (unpaired) electrons. The number of halogens is 3. The summed E-state index contributed by atoms with van der Waals surface area (Å²) < 4.78 is 0. The van der Waals surface area contributed by atoms with E-state index in [2.05, 4.69) is 15.5 Å². The van der Waals surface area contributed by atoms with Gasteiger partial charge in [-0.25, -0.2) is 0 Å². The van der Waals surface area contributed by atoms with Gasteiger partial charge in [-0.2, -0.15) is 0 Å². The highest BCUT2D eigenvalue weighted by Gasteiger charge is 2.11. The summed E-state index contributed by atoms with van der Waals surface area (Å²) in [4.78, 5) is 0. The largest absolute Gasteiger partial charge is 0.337 e. The molecule has 0 saturated carbocycles. The number of rotatable bonds is 2. The highest BCUT2D eigenvalue weighted by molar-refractivity contribution is 6.35. The van der Waals surface area contributed by atoms with Crippen molar-refractivity contribution in [2.75, 3.05) is 5.32 Å². The van der Waals surface area contributed by atoms with Crippen molar-refractivity contribution in [3.63, 3.8) is 0 Å². The Morgan fingerprint density at radius 3 is 2.26 bits per heavy atom. The maximum absolute atomic E-state index is 6.18. The monoisotopic (exact) mass is 315 g/mol. The van der Waals surface area contributed by atoms with Crippen molar-refractivity contribution in [3.8, 4) is 0 Å². The Kier molecular flexibility index (Phi) is 4.19. The Hall–Kier alpha value is -1.03. The lowest BCUT2D eigenvalue weighted by Crippen LogP contribution is -2.02. The first-order valence-corrected chi connectivity index (χ1v) is 6.75. The van der Waals surface area contributed by atoms with Crippen LogP contribution in [0.3, 0.4) is 0 Å². The second kappa shape index (κ2) is 5.53. The Morgan fingerprint density at radius 1 is 0.895 bits per heavy atom. The zero-order valence-corrected chi connectivity index (χ0v) is 13.0. The molecule has 0 saturated heterocycles. The molecule has 100 valence electrons. The molecule has 0 aliphatic carbocycles. The van der Waals surface area contributed by atoms with E-state index in [0.29, 0.717) is 26.7 Å². The third-order valence-electron chi connectivity index (χ3n) is 2.97. The highest BCUT2D eigenvalue weighted by atomic mass is 35.5. The predicted molar refractivity (Wildman–Crippen MR) is 81.0 cm³/mol. The molecule has 0 spiro atoms. The van der Waals surface area contributed by atoms with Crippen LogP contribution in [0.2, 0.25) is 15.2 Å². The Balaban J connectivity index is 2.42. The first-order valence-electron chi connectivity index (χ1n) is 5.62. The van der Waals surface area contributed by atoms with Gasteiger partial charge in [-0.1, -0.05) is 34.8 Å². The quantitative estimate of drug-likeness (QED) is 0.837. The van der Waals surface area contributed by atoms with Crippen molar-refractivity contribution in [2.24, 2.45) is 0 Å². The van der Waals surface area contributed by atoms with Crippen molar-refractivity contribution in [2.45, 2.75) is 20.8 Å². The van der Waals surface area contributed by atoms with Gasteiger partial charge in [0, 0.05) is 5.02 Å². The van der Waals surface area contributed by atoms with Gasteiger partial charge >= 0.3 is 0 Å². The van der Waals surface area contributed by atoms with E-state index < -0.39 is 0 Å². The number of nitrogens with one attached hydrogen (secondary N) is 1. The van der Waals surface area contributed by atoms with Crippen LogP contribution in [0.15, 0.2) is 12.1 Å². The summed E-state index contributed by atoms with van der Waals surface area (Å²) in [6.45, 7) is 5.71. The molecule has 0 unspecified atom stereocenters. The summed E-state index contributed by atoms with van der Waals surface area (Å²) in [5, 5.41) is 12.7. The van der Waals surface area contributed by atoms with E-state index in [1.54, 1.807) is 12.1 Å².